The van der Waals surface area contributed by atoms with Crippen molar-refractivity contribution in [2.24, 2.45) is 0 Å². The minimum absolute atomic E-state index is 0.0519. The van der Waals surface area contributed by atoms with E-state index >= 15 is 0 Å². The molecule has 0 aliphatic carbocycles. The molecule has 0 aromatic carbocycles. The summed E-state index contributed by atoms with van der Waals surface area (Å²) in [7, 11) is 5.51. The Hall–Kier alpha value is -2.19. The number of allylic oxidation sites excluding steroid dienone is 4. The summed E-state index contributed by atoms with van der Waals surface area (Å²) in [6, 6.07) is -0.611. The van der Waals surface area contributed by atoms with E-state index in [1.54, 1.807) is 0 Å². The van der Waals surface area contributed by atoms with Crippen molar-refractivity contribution in [3.8, 4) is 0 Å². The van der Waals surface area contributed by atoms with Crippen LogP contribution in [0.4, 0.5) is 0 Å². The Bertz CT molecular complexity index is 849. The van der Waals surface area contributed by atoms with Crippen LogP contribution in [0.2, 0.25) is 0 Å². The largest absolute Gasteiger partial charge is 0.477 e. The van der Waals surface area contributed by atoms with Crippen LogP contribution in [0.5, 0.6) is 0 Å². The van der Waals surface area contributed by atoms with Crippen LogP contribution in [0.25, 0.3) is 0 Å². The highest BCUT2D eigenvalue weighted by Gasteiger charge is 2.31. The highest BCUT2D eigenvalue weighted by molar-refractivity contribution is 5.72. The molecule has 0 rings (SSSR count). The van der Waals surface area contributed by atoms with E-state index < -0.39 is 18.1 Å². The molecule has 0 spiro atoms. The molecule has 0 bridgehead atoms. The van der Waals surface area contributed by atoms with E-state index in [1.165, 1.54) is 77.0 Å². The number of carbonyl (C=O) groups is 3. The topological polar surface area (TPSA) is 99.1 Å². The smallest absolute Gasteiger partial charge is 0.362 e. The molecule has 1 N–H and O–H groups in total. The fraction of sp³-hybridized carbons (Fsp3) is 0.825. The first-order valence-corrected chi connectivity index (χ1v) is 19.4. The van der Waals surface area contributed by atoms with E-state index in [4.69, 9.17) is 14.2 Å². The second kappa shape index (κ2) is 32.0. The molecule has 0 aliphatic rings. The summed E-state index contributed by atoms with van der Waals surface area (Å²) in [5.41, 5.74) is 0. The first kappa shape index (κ1) is 45.8. The van der Waals surface area contributed by atoms with Crippen LogP contribution in [0, 0.1) is 0 Å². The summed E-state index contributed by atoms with van der Waals surface area (Å²) in [5.74, 6) is -1.48. The molecule has 0 heterocycles. The van der Waals surface area contributed by atoms with Crippen molar-refractivity contribution in [3.05, 3.63) is 24.3 Å². The second-order valence-electron chi connectivity index (χ2n) is 14.2. The number of carboxylic acid groups (broad SMARTS) is 1. The van der Waals surface area contributed by atoms with Gasteiger partial charge in [-0.25, -0.2) is 4.79 Å². The van der Waals surface area contributed by atoms with Crippen molar-refractivity contribution in [1.82, 2.24) is 0 Å². The molecular weight excluding hydrogens is 606 g/mol. The van der Waals surface area contributed by atoms with Crippen molar-refractivity contribution in [2.45, 2.75) is 174 Å². The van der Waals surface area contributed by atoms with E-state index in [-0.39, 0.29) is 36.2 Å². The maximum atomic E-state index is 12.6. The third kappa shape index (κ3) is 29.9. The SMILES string of the molecule is CCCCC/C=C\C/C=C\CCCCCCCCCC(=O)OC(COCCC(C(=O)O)[N+](C)(C)C)COC(=O)CCCCCCCCC. The molecule has 0 aromatic rings. The van der Waals surface area contributed by atoms with Gasteiger partial charge in [-0.3, -0.25) is 9.59 Å². The van der Waals surface area contributed by atoms with Crippen molar-refractivity contribution in [1.29, 1.82) is 0 Å². The first-order chi connectivity index (χ1) is 23.1. The Balaban J connectivity index is 4.34. The number of esters is 2. The molecule has 0 amide bonds. The fourth-order valence-electron chi connectivity index (χ4n) is 5.53. The maximum Gasteiger partial charge on any atom is 0.362 e. The lowest BCUT2D eigenvalue weighted by Crippen LogP contribution is -2.50. The lowest BCUT2D eigenvalue weighted by Gasteiger charge is -2.31. The molecule has 48 heavy (non-hydrogen) atoms. The van der Waals surface area contributed by atoms with E-state index in [2.05, 4.69) is 38.2 Å². The Labute approximate surface area is 294 Å². The zero-order valence-corrected chi connectivity index (χ0v) is 31.7. The molecule has 8 nitrogen and oxygen atoms in total. The molecule has 2 atom stereocenters. The molecule has 0 fully saturated rings. The van der Waals surface area contributed by atoms with E-state index in [1.807, 2.05) is 21.1 Å². The van der Waals surface area contributed by atoms with Gasteiger partial charge in [-0.15, -0.1) is 0 Å². The van der Waals surface area contributed by atoms with Gasteiger partial charge < -0.3 is 23.8 Å². The Kier molecular flexibility index (Phi) is 30.6. The number of aliphatic carboxylic acids is 1. The van der Waals surface area contributed by atoms with Crippen LogP contribution in [0.15, 0.2) is 24.3 Å². The molecule has 0 saturated carbocycles. The van der Waals surface area contributed by atoms with Crippen LogP contribution in [0.1, 0.15) is 162 Å². The quantitative estimate of drug-likeness (QED) is 0.0313. The minimum atomic E-state index is -0.877. The van der Waals surface area contributed by atoms with Gasteiger partial charge in [0.05, 0.1) is 34.4 Å². The molecule has 8 heteroatoms. The molecule has 0 radical (unpaired) electrons. The predicted molar refractivity (Wildman–Crippen MR) is 197 cm³/mol. The van der Waals surface area contributed by atoms with Crippen molar-refractivity contribution in [3.63, 3.8) is 0 Å². The number of ether oxygens (including phenoxy) is 3. The first-order valence-electron chi connectivity index (χ1n) is 19.4. The molecule has 0 aliphatic heterocycles. The zero-order valence-electron chi connectivity index (χ0n) is 31.7. The van der Waals surface area contributed by atoms with Crippen molar-refractivity contribution >= 4 is 17.9 Å². The number of quaternary nitrogens is 1. The number of likely N-dealkylation sites (N-methyl/N-ethyl adjacent to an activating group) is 1. The summed E-state index contributed by atoms with van der Waals surface area (Å²) in [6.07, 6.45) is 32.3. The van der Waals surface area contributed by atoms with Crippen LogP contribution in [0.3, 0.4) is 0 Å². The number of nitrogens with zero attached hydrogens (tertiary/aromatic N) is 1. The maximum absolute atomic E-state index is 12.6. The minimum Gasteiger partial charge on any atom is -0.477 e. The highest BCUT2D eigenvalue weighted by atomic mass is 16.6. The van der Waals surface area contributed by atoms with Gasteiger partial charge in [0.15, 0.2) is 12.1 Å². The van der Waals surface area contributed by atoms with E-state index in [9.17, 15) is 19.5 Å². The summed E-state index contributed by atoms with van der Waals surface area (Å²) in [5, 5.41) is 9.56. The predicted octanol–water partition coefficient (Wildman–Crippen LogP) is 9.74. The molecule has 280 valence electrons. The van der Waals surface area contributed by atoms with Crippen LogP contribution in [-0.4, -0.2) is 80.6 Å². The molecule has 0 saturated heterocycles. The van der Waals surface area contributed by atoms with Crippen molar-refractivity contribution < 1.29 is 38.2 Å². The average Bonchev–Trinajstić information content (AvgIpc) is 3.03. The van der Waals surface area contributed by atoms with Gasteiger partial charge in [0.25, 0.3) is 0 Å². The number of unbranched alkanes of at least 4 members (excludes halogenated alkanes) is 16. The van der Waals surface area contributed by atoms with Gasteiger partial charge in [0.2, 0.25) is 0 Å². The lowest BCUT2D eigenvalue weighted by molar-refractivity contribution is -0.887. The third-order valence-electron chi connectivity index (χ3n) is 8.60. The summed E-state index contributed by atoms with van der Waals surface area (Å²) in [4.78, 5) is 36.6. The average molecular weight is 681 g/mol. The molecule has 0 aromatic heterocycles. The Morgan fingerprint density at radius 2 is 1.10 bits per heavy atom. The van der Waals surface area contributed by atoms with Gasteiger partial charge in [0.1, 0.15) is 6.61 Å². The summed E-state index contributed by atoms with van der Waals surface area (Å²) in [6.45, 7) is 4.65. The summed E-state index contributed by atoms with van der Waals surface area (Å²) >= 11 is 0. The fourth-order valence-corrected chi connectivity index (χ4v) is 5.53. The van der Waals surface area contributed by atoms with Crippen LogP contribution >= 0.6 is 0 Å². The number of rotatable bonds is 34. The Morgan fingerprint density at radius 1 is 0.625 bits per heavy atom. The third-order valence-corrected chi connectivity index (χ3v) is 8.60. The van der Waals surface area contributed by atoms with Gasteiger partial charge in [-0.2, -0.15) is 0 Å². The zero-order chi connectivity index (χ0) is 35.7. The Morgan fingerprint density at radius 3 is 1.65 bits per heavy atom. The number of carbonyl (C=O) groups excluding carboxylic acids is 2. The molecule has 2 unspecified atom stereocenters. The normalized spacial score (nSPS) is 13.3. The van der Waals surface area contributed by atoms with Crippen LogP contribution < -0.4 is 0 Å². The lowest BCUT2D eigenvalue weighted by atomic mass is 10.1. The standard InChI is InChI=1S/C40H73NO7/c1-6-8-10-12-14-15-16-17-18-19-20-21-22-23-25-27-29-31-39(43)48-36(34-46-33-32-37(40(44)45)41(3,4)5)35-47-38(42)30-28-26-24-13-11-9-7-2/h14-15,17-18,36-37H,6-13,16,19-35H2,1-5H3/p+1/b15-14-,18-17-. The number of hydrogen-bond donors (Lipinski definition) is 1. The number of hydrogen-bond acceptors (Lipinski definition) is 6. The van der Waals surface area contributed by atoms with Gasteiger partial charge in [-0.1, -0.05) is 122 Å². The number of carboxylic acids is 1. The van der Waals surface area contributed by atoms with Gasteiger partial charge >= 0.3 is 17.9 Å². The van der Waals surface area contributed by atoms with Gasteiger partial charge in [0, 0.05) is 19.3 Å². The second-order valence-corrected chi connectivity index (χ2v) is 14.2. The van der Waals surface area contributed by atoms with E-state index in [0.717, 1.165) is 51.4 Å². The molecular formula is C40H74NO7+. The van der Waals surface area contributed by atoms with Crippen molar-refractivity contribution in [2.75, 3.05) is 41.0 Å². The van der Waals surface area contributed by atoms with E-state index in [0.29, 0.717) is 19.3 Å². The highest BCUT2D eigenvalue weighted by Crippen LogP contribution is 2.13. The van der Waals surface area contributed by atoms with Crippen LogP contribution in [-0.2, 0) is 28.6 Å². The van der Waals surface area contributed by atoms with Gasteiger partial charge in [-0.05, 0) is 44.9 Å². The monoisotopic (exact) mass is 681 g/mol. The summed E-state index contributed by atoms with van der Waals surface area (Å²) < 4.78 is 17.1.